The van der Waals surface area contributed by atoms with Crippen LogP contribution in [0.15, 0.2) is 12.2 Å². The molecule has 4 nitrogen and oxygen atoms in total. The lowest BCUT2D eigenvalue weighted by molar-refractivity contribution is 0.0121. The fourth-order valence-electron chi connectivity index (χ4n) is 1.94. The quantitative estimate of drug-likeness (QED) is 0.563. The average Bonchev–Trinajstić information content (AvgIpc) is 2.33. The highest BCUT2D eigenvalue weighted by molar-refractivity contribution is 6.74. The molecule has 0 aromatic carbocycles. The molecule has 1 aliphatic heterocycles. The predicted octanol–water partition coefficient (Wildman–Crippen LogP) is 4.57. The molecular weight excluding hydrogens is 294 g/mol. The zero-order chi connectivity index (χ0) is 17.2. The van der Waals surface area contributed by atoms with Crippen LogP contribution in [0.5, 0.6) is 0 Å². The van der Waals surface area contributed by atoms with Crippen molar-refractivity contribution in [1.82, 2.24) is 4.90 Å². The maximum absolute atomic E-state index is 12.4. The van der Waals surface area contributed by atoms with Gasteiger partial charge < -0.3 is 9.16 Å². The van der Waals surface area contributed by atoms with E-state index in [1.807, 2.05) is 26.8 Å². The Morgan fingerprint density at radius 1 is 1.18 bits per heavy atom. The maximum Gasteiger partial charge on any atom is 0.410 e. The molecule has 0 bridgehead atoms. The number of nitrogens with zero attached hydrogens (tertiary/aromatic N) is 1. The van der Waals surface area contributed by atoms with Gasteiger partial charge in [-0.05, 0) is 45.3 Å². The van der Waals surface area contributed by atoms with Crippen LogP contribution in [0.1, 0.15) is 48.0 Å². The third-order valence-electron chi connectivity index (χ3n) is 4.39. The van der Waals surface area contributed by atoms with Crippen LogP contribution in [0.2, 0.25) is 18.1 Å². The summed E-state index contributed by atoms with van der Waals surface area (Å²) in [5.41, 5.74) is -0.469. The first-order valence-electron chi connectivity index (χ1n) is 8.12. The van der Waals surface area contributed by atoms with Crippen LogP contribution < -0.4 is 0 Å². The number of rotatable bonds is 3. The second-order valence-corrected chi connectivity index (χ2v) is 13.4. The summed E-state index contributed by atoms with van der Waals surface area (Å²) >= 11 is 0. The number of carbonyl (C=O) groups excluding carboxylic acids is 1. The minimum atomic E-state index is -1.80. The molecule has 128 valence electrons. The molecule has 0 saturated heterocycles. The average molecular weight is 328 g/mol. The van der Waals surface area contributed by atoms with Crippen molar-refractivity contribution in [3.63, 3.8) is 0 Å². The van der Waals surface area contributed by atoms with Crippen LogP contribution in [-0.4, -0.2) is 44.1 Å². The second kappa shape index (κ2) is 6.75. The topological polar surface area (TPSA) is 38.8 Å². The Labute approximate surface area is 137 Å². The van der Waals surface area contributed by atoms with Crippen molar-refractivity contribution in [3.05, 3.63) is 12.2 Å². The molecular formula is C17H33NO3Si. The third-order valence-corrected chi connectivity index (χ3v) is 8.89. The Hall–Kier alpha value is -0.813. The van der Waals surface area contributed by atoms with Crippen LogP contribution in [-0.2, 0) is 9.16 Å². The molecule has 0 saturated carbocycles. The second-order valence-electron chi connectivity index (χ2n) is 8.56. The van der Waals surface area contributed by atoms with Crippen molar-refractivity contribution in [2.24, 2.45) is 0 Å². The van der Waals surface area contributed by atoms with Crippen LogP contribution in [0.3, 0.4) is 0 Å². The smallest absolute Gasteiger partial charge is 0.410 e. The van der Waals surface area contributed by atoms with Gasteiger partial charge in [-0.3, -0.25) is 4.90 Å². The van der Waals surface area contributed by atoms with Gasteiger partial charge in [0.1, 0.15) is 5.60 Å². The number of hydrogen-bond acceptors (Lipinski definition) is 3. The van der Waals surface area contributed by atoms with Crippen molar-refractivity contribution < 1.29 is 14.0 Å². The largest absolute Gasteiger partial charge is 0.444 e. The van der Waals surface area contributed by atoms with Crippen molar-refractivity contribution in [1.29, 1.82) is 0 Å². The molecule has 0 aromatic rings. The molecule has 1 aliphatic rings. The van der Waals surface area contributed by atoms with Crippen LogP contribution in [0, 0.1) is 0 Å². The summed E-state index contributed by atoms with van der Waals surface area (Å²) in [5.74, 6) is 0. The predicted molar refractivity (Wildman–Crippen MR) is 93.6 cm³/mol. The summed E-state index contributed by atoms with van der Waals surface area (Å²) in [7, 11) is -1.80. The molecule has 0 N–H and O–H groups in total. The monoisotopic (exact) mass is 327 g/mol. The van der Waals surface area contributed by atoms with Gasteiger partial charge in [-0.2, -0.15) is 0 Å². The van der Waals surface area contributed by atoms with Crippen LogP contribution >= 0.6 is 0 Å². The lowest BCUT2D eigenvalue weighted by atomic mass is 10.1. The first-order chi connectivity index (χ1) is 9.83. The van der Waals surface area contributed by atoms with Crippen LogP contribution in [0.25, 0.3) is 0 Å². The minimum Gasteiger partial charge on any atom is -0.444 e. The van der Waals surface area contributed by atoms with Gasteiger partial charge in [0.25, 0.3) is 0 Å². The summed E-state index contributed by atoms with van der Waals surface area (Å²) in [4.78, 5) is 14.2. The van der Waals surface area contributed by atoms with Gasteiger partial charge in [-0.1, -0.05) is 32.9 Å². The summed E-state index contributed by atoms with van der Waals surface area (Å²) in [6.07, 6.45) is 4.72. The number of carbonyl (C=O) groups is 1. The first kappa shape index (κ1) is 19.2. The number of ether oxygens (including phenoxy) is 1. The highest BCUT2D eigenvalue weighted by atomic mass is 28.4. The Kier molecular flexibility index (Phi) is 5.90. The molecule has 1 heterocycles. The van der Waals surface area contributed by atoms with Gasteiger partial charge in [-0.15, -0.1) is 0 Å². The zero-order valence-electron chi connectivity index (χ0n) is 15.5. The van der Waals surface area contributed by atoms with Gasteiger partial charge in [-0.25, -0.2) is 4.79 Å². The highest BCUT2D eigenvalue weighted by Gasteiger charge is 2.38. The minimum absolute atomic E-state index is 0.0639. The lowest BCUT2D eigenvalue weighted by Gasteiger charge is -2.40. The van der Waals surface area contributed by atoms with E-state index < -0.39 is 13.9 Å². The summed E-state index contributed by atoms with van der Waals surface area (Å²) in [6, 6.07) is 0.0639. The van der Waals surface area contributed by atoms with Crippen LogP contribution in [0.4, 0.5) is 4.79 Å². The summed E-state index contributed by atoms with van der Waals surface area (Å²) in [6.45, 7) is 18.0. The van der Waals surface area contributed by atoms with Crippen molar-refractivity contribution >= 4 is 14.4 Å². The van der Waals surface area contributed by atoms with E-state index in [1.54, 1.807) is 4.90 Å². The zero-order valence-corrected chi connectivity index (χ0v) is 16.5. The molecule has 0 unspecified atom stereocenters. The van der Waals surface area contributed by atoms with E-state index in [9.17, 15) is 4.79 Å². The molecule has 0 fully saturated rings. The van der Waals surface area contributed by atoms with Gasteiger partial charge in [0.05, 0.1) is 12.6 Å². The Morgan fingerprint density at radius 3 is 2.27 bits per heavy atom. The molecule has 0 radical (unpaired) electrons. The molecule has 0 spiro atoms. The highest BCUT2D eigenvalue weighted by Crippen LogP contribution is 2.37. The SMILES string of the molecule is CC(C)(C)OC(=O)N1CC=CC[C@@H]1CO[Si](C)(C)C(C)(C)C. The molecule has 5 heteroatoms. The standard InChI is InChI=1S/C17H33NO3Si/c1-16(2,3)21-15(19)18-12-10-9-11-14(18)13-20-22(7,8)17(4,5)6/h9-10,14H,11-13H2,1-8H3/t14-/m1/s1. The van der Waals surface area contributed by atoms with Gasteiger partial charge in [0.15, 0.2) is 8.32 Å². The molecule has 1 amide bonds. The van der Waals surface area contributed by atoms with E-state index in [4.69, 9.17) is 9.16 Å². The van der Waals surface area contributed by atoms with E-state index in [-0.39, 0.29) is 17.2 Å². The van der Waals surface area contributed by atoms with Crippen molar-refractivity contribution in [2.75, 3.05) is 13.2 Å². The van der Waals surface area contributed by atoms with E-state index in [2.05, 4.69) is 39.9 Å². The molecule has 0 aromatic heterocycles. The number of hydrogen-bond donors (Lipinski definition) is 0. The Bertz CT molecular complexity index is 419. The summed E-state index contributed by atoms with van der Waals surface area (Å²) in [5, 5.41) is 0.175. The van der Waals surface area contributed by atoms with E-state index in [0.29, 0.717) is 13.2 Å². The number of amides is 1. The summed E-state index contributed by atoms with van der Waals surface area (Å²) < 4.78 is 11.8. The third kappa shape index (κ3) is 5.43. The van der Waals surface area contributed by atoms with Gasteiger partial charge in [0, 0.05) is 6.54 Å². The van der Waals surface area contributed by atoms with Crippen molar-refractivity contribution in [2.45, 2.75) is 77.7 Å². The van der Waals surface area contributed by atoms with E-state index >= 15 is 0 Å². The Balaban J connectivity index is 2.71. The van der Waals surface area contributed by atoms with E-state index in [1.165, 1.54) is 0 Å². The molecule has 1 atom stereocenters. The van der Waals surface area contributed by atoms with Crippen molar-refractivity contribution in [3.8, 4) is 0 Å². The van der Waals surface area contributed by atoms with Gasteiger partial charge in [0.2, 0.25) is 0 Å². The maximum atomic E-state index is 12.4. The first-order valence-corrected chi connectivity index (χ1v) is 11.0. The fraction of sp³-hybridized carbons (Fsp3) is 0.824. The lowest BCUT2D eigenvalue weighted by Crippen LogP contribution is -2.50. The molecule has 1 rings (SSSR count). The van der Waals surface area contributed by atoms with Gasteiger partial charge >= 0.3 is 6.09 Å². The van der Waals surface area contributed by atoms with E-state index in [0.717, 1.165) is 6.42 Å². The fourth-order valence-corrected chi connectivity index (χ4v) is 2.98. The molecule has 0 aliphatic carbocycles. The normalized spacial score (nSPS) is 20.2. The Morgan fingerprint density at radius 2 is 1.77 bits per heavy atom. The molecule has 22 heavy (non-hydrogen) atoms.